The van der Waals surface area contributed by atoms with Gasteiger partial charge in [-0.05, 0) is 0 Å². The number of nitrogens with zero attached hydrogens (tertiary/aromatic N) is 1. The topological polar surface area (TPSA) is 38.8 Å². The molecule has 1 amide bonds. The number of rotatable bonds is 5. The first kappa shape index (κ1) is 15.5. The average molecular weight is 290 g/mol. The molecule has 0 aliphatic carbocycles. The van der Waals surface area contributed by atoms with Crippen molar-refractivity contribution in [3.8, 4) is 0 Å². The number of hydrogen-bond donors (Lipinski definition) is 0. The third kappa shape index (κ3) is 5.41. The Hall–Kier alpha value is -0.530. The van der Waals surface area contributed by atoms with Crippen LogP contribution in [-0.4, -0.2) is 61.9 Å². The smallest absolute Gasteiger partial charge is 0.377 e. The van der Waals surface area contributed by atoms with Gasteiger partial charge < -0.3 is 14.4 Å². The van der Waals surface area contributed by atoms with E-state index in [1.807, 2.05) is 0 Å². The van der Waals surface area contributed by atoms with Crippen molar-refractivity contribution in [2.45, 2.75) is 18.6 Å². The van der Waals surface area contributed by atoms with Gasteiger partial charge in [0.1, 0.15) is 6.61 Å². The Kier molecular flexibility index (Phi) is 6.17. The summed E-state index contributed by atoms with van der Waals surface area (Å²) in [6.45, 7) is -0.385. The number of amides is 1. The number of carbonyl (C=O) groups excluding carboxylic acids is 1. The molecule has 0 aromatic carbocycles. The molecule has 18 heavy (non-hydrogen) atoms. The molecule has 4 nitrogen and oxygen atoms in total. The number of morpholine rings is 1. The molecule has 1 rings (SSSR count). The fourth-order valence-electron chi connectivity index (χ4n) is 1.60. The summed E-state index contributed by atoms with van der Waals surface area (Å²) < 4.78 is 44.9. The van der Waals surface area contributed by atoms with Gasteiger partial charge in [0, 0.05) is 12.4 Å². The second-order valence-electron chi connectivity index (χ2n) is 3.89. The van der Waals surface area contributed by atoms with Crippen LogP contribution in [0.2, 0.25) is 0 Å². The highest BCUT2D eigenvalue weighted by atomic mass is 35.5. The van der Waals surface area contributed by atoms with Crippen LogP contribution >= 0.6 is 11.6 Å². The maximum absolute atomic E-state index is 11.8. The van der Waals surface area contributed by atoms with Gasteiger partial charge in [0.2, 0.25) is 5.91 Å². The Balaban J connectivity index is 2.27. The van der Waals surface area contributed by atoms with Gasteiger partial charge in [-0.15, -0.1) is 11.6 Å². The van der Waals surface area contributed by atoms with E-state index in [2.05, 4.69) is 4.74 Å². The van der Waals surface area contributed by atoms with Crippen molar-refractivity contribution in [2.75, 3.05) is 38.9 Å². The molecule has 0 aromatic rings. The van der Waals surface area contributed by atoms with Crippen LogP contribution in [0.1, 0.15) is 6.42 Å². The SMILES string of the molecule is O=C(CCOCC(F)(F)F)N1CCOCC1CCl. The molecular formula is C10H15ClF3NO3. The summed E-state index contributed by atoms with van der Waals surface area (Å²) in [5.74, 6) is -0.0130. The maximum atomic E-state index is 11.8. The van der Waals surface area contributed by atoms with Gasteiger partial charge >= 0.3 is 6.18 Å². The molecule has 1 atom stereocenters. The first-order valence-corrected chi connectivity index (χ1v) is 6.05. The summed E-state index contributed by atoms with van der Waals surface area (Å²) in [5.41, 5.74) is 0. The monoisotopic (exact) mass is 289 g/mol. The van der Waals surface area contributed by atoms with Gasteiger partial charge in [0.25, 0.3) is 0 Å². The second-order valence-corrected chi connectivity index (χ2v) is 4.20. The molecule has 1 heterocycles. The largest absolute Gasteiger partial charge is 0.411 e. The van der Waals surface area contributed by atoms with Crippen LogP contribution in [0.25, 0.3) is 0 Å². The standard InChI is InChI=1S/C10H15ClF3NO3/c11-5-8-6-17-4-2-15(8)9(16)1-3-18-7-10(12,13)14/h8H,1-7H2. The van der Waals surface area contributed by atoms with E-state index < -0.39 is 12.8 Å². The quantitative estimate of drug-likeness (QED) is 0.568. The van der Waals surface area contributed by atoms with E-state index in [1.54, 1.807) is 0 Å². The number of alkyl halides is 4. The predicted octanol–water partition coefficient (Wildman–Crippen LogP) is 1.42. The Morgan fingerprint density at radius 1 is 1.50 bits per heavy atom. The Morgan fingerprint density at radius 2 is 2.22 bits per heavy atom. The zero-order chi connectivity index (χ0) is 13.6. The lowest BCUT2D eigenvalue weighted by atomic mass is 10.2. The average Bonchev–Trinajstić information content (AvgIpc) is 2.33. The highest BCUT2D eigenvalue weighted by Crippen LogP contribution is 2.15. The molecule has 106 valence electrons. The molecule has 1 fully saturated rings. The van der Waals surface area contributed by atoms with E-state index in [-0.39, 0.29) is 30.9 Å². The van der Waals surface area contributed by atoms with Crippen molar-refractivity contribution in [1.82, 2.24) is 4.90 Å². The molecule has 0 spiro atoms. The molecule has 1 unspecified atom stereocenters. The molecule has 0 saturated carbocycles. The van der Waals surface area contributed by atoms with Gasteiger partial charge in [-0.25, -0.2) is 0 Å². The van der Waals surface area contributed by atoms with Crippen LogP contribution in [0, 0.1) is 0 Å². The summed E-state index contributed by atoms with van der Waals surface area (Å²) in [4.78, 5) is 13.3. The summed E-state index contributed by atoms with van der Waals surface area (Å²) in [6.07, 6.45) is -4.44. The van der Waals surface area contributed by atoms with Gasteiger partial charge in [0.05, 0.1) is 32.3 Å². The highest BCUT2D eigenvalue weighted by molar-refractivity contribution is 6.18. The van der Waals surface area contributed by atoms with Crippen LogP contribution in [0.15, 0.2) is 0 Å². The van der Waals surface area contributed by atoms with E-state index in [0.29, 0.717) is 19.8 Å². The van der Waals surface area contributed by atoms with E-state index >= 15 is 0 Å². The molecule has 0 aromatic heterocycles. The van der Waals surface area contributed by atoms with Crippen molar-refractivity contribution < 1.29 is 27.4 Å². The zero-order valence-corrected chi connectivity index (χ0v) is 10.5. The van der Waals surface area contributed by atoms with Crippen LogP contribution in [0.4, 0.5) is 13.2 Å². The Labute approximate surface area is 108 Å². The van der Waals surface area contributed by atoms with Gasteiger partial charge in [0.15, 0.2) is 0 Å². The minimum Gasteiger partial charge on any atom is -0.377 e. The van der Waals surface area contributed by atoms with Crippen molar-refractivity contribution in [3.05, 3.63) is 0 Å². The maximum Gasteiger partial charge on any atom is 0.411 e. The third-order valence-electron chi connectivity index (χ3n) is 2.45. The van der Waals surface area contributed by atoms with Crippen LogP contribution in [-0.2, 0) is 14.3 Å². The first-order chi connectivity index (χ1) is 8.44. The van der Waals surface area contributed by atoms with Crippen molar-refractivity contribution >= 4 is 17.5 Å². The van der Waals surface area contributed by atoms with E-state index in [0.717, 1.165) is 0 Å². The molecule has 8 heteroatoms. The summed E-state index contributed by atoms with van der Waals surface area (Å²) >= 11 is 5.69. The predicted molar refractivity (Wildman–Crippen MR) is 58.5 cm³/mol. The number of ether oxygens (including phenoxy) is 2. The molecule has 1 saturated heterocycles. The van der Waals surface area contributed by atoms with E-state index in [1.165, 1.54) is 4.90 Å². The van der Waals surface area contributed by atoms with Gasteiger partial charge in [-0.2, -0.15) is 13.2 Å². The van der Waals surface area contributed by atoms with Gasteiger partial charge in [-0.1, -0.05) is 0 Å². The van der Waals surface area contributed by atoms with Crippen molar-refractivity contribution in [1.29, 1.82) is 0 Å². The molecular weight excluding hydrogens is 275 g/mol. The minimum atomic E-state index is -4.36. The lowest BCUT2D eigenvalue weighted by molar-refractivity contribution is -0.175. The third-order valence-corrected chi connectivity index (χ3v) is 2.81. The Bertz CT molecular complexity index is 276. The lowest BCUT2D eigenvalue weighted by Gasteiger charge is -2.34. The van der Waals surface area contributed by atoms with Gasteiger partial charge in [-0.3, -0.25) is 4.79 Å². The van der Waals surface area contributed by atoms with Crippen molar-refractivity contribution in [3.63, 3.8) is 0 Å². The highest BCUT2D eigenvalue weighted by Gasteiger charge is 2.29. The first-order valence-electron chi connectivity index (χ1n) is 5.51. The molecule has 1 aliphatic heterocycles. The van der Waals surface area contributed by atoms with Crippen LogP contribution in [0.3, 0.4) is 0 Å². The summed E-state index contributed by atoms with van der Waals surface area (Å²) in [5, 5.41) is 0. The molecule has 0 bridgehead atoms. The lowest BCUT2D eigenvalue weighted by Crippen LogP contribution is -2.49. The Morgan fingerprint density at radius 3 is 2.83 bits per heavy atom. The van der Waals surface area contributed by atoms with E-state index in [4.69, 9.17) is 16.3 Å². The summed E-state index contributed by atoms with van der Waals surface area (Å²) in [7, 11) is 0. The zero-order valence-electron chi connectivity index (χ0n) is 9.71. The summed E-state index contributed by atoms with van der Waals surface area (Å²) in [6, 6.07) is -0.212. The molecule has 0 N–H and O–H groups in total. The molecule has 0 radical (unpaired) electrons. The fraction of sp³-hybridized carbons (Fsp3) is 0.900. The second kappa shape index (κ2) is 7.16. The molecule has 1 aliphatic rings. The van der Waals surface area contributed by atoms with E-state index in [9.17, 15) is 18.0 Å². The normalized spacial score (nSPS) is 21.1. The number of hydrogen-bond acceptors (Lipinski definition) is 3. The van der Waals surface area contributed by atoms with Crippen LogP contribution in [0.5, 0.6) is 0 Å². The number of carbonyl (C=O) groups is 1. The van der Waals surface area contributed by atoms with Crippen LogP contribution < -0.4 is 0 Å². The number of halogens is 4. The minimum absolute atomic E-state index is 0.0799. The van der Waals surface area contributed by atoms with Crippen molar-refractivity contribution in [2.24, 2.45) is 0 Å². The fourth-order valence-corrected chi connectivity index (χ4v) is 1.86.